The van der Waals surface area contributed by atoms with E-state index in [9.17, 15) is 14.4 Å². The second kappa shape index (κ2) is 7.87. The molecule has 2 aromatic rings. The van der Waals surface area contributed by atoms with Crippen molar-refractivity contribution in [3.63, 3.8) is 0 Å². The Kier molecular flexibility index (Phi) is 5.28. The Hall–Kier alpha value is -2.86. The number of rotatable bonds is 5. The third-order valence-corrected chi connectivity index (χ3v) is 5.73. The van der Waals surface area contributed by atoms with Crippen LogP contribution in [0.1, 0.15) is 41.2 Å². The minimum atomic E-state index is -0.338. The first-order valence-corrected chi connectivity index (χ1v) is 10.0. The first-order valence-electron chi connectivity index (χ1n) is 9.65. The first kappa shape index (κ1) is 19.5. The molecule has 7 heteroatoms. The number of hydrogen-bond acceptors (Lipinski definition) is 3. The SMILES string of the molecule is CN1C(=O)C[C@H](NC(=O)c2ccc(NC(=O)C3CC3)cc2)[C@H]1c1ccc(Cl)cc1. The van der Waals surface area contributed by atoms with Crippen molar-refractivity contribution in [1.29, 1.82) is 0 Å². The van der Waals surface area contributed by atoms with E-state index in [-0.39, 0.29) is 42.1 Å². The van der Waals surface area contributed by atoms with Crippen molar-refractivity contribution in [2.45, 2.75) is 31.3 Å². The van der Waals surface area contributed by atoms with Crippen molar-refractivity contribution in [3.8, 4) is 0 Å². The molecule has 1 aliphatic carbocycles. The van der Waals surface area contributed by atoms with Crippen LogP contribution in [-0.4, -0.2) is 35.7 Å². The Morgan fingerprint density at radius 1 is 1.03 bits per heavy atom. The fourth-order valence-electron chi connectivity index (χ4n) is 3.66. The van der Waals surface area contributed by atoms with Crippen molar-refractivity contribution in [2.75, 3.05) is 12.4 Å². The molecule has 2 atom stereocenters. The number of hydrogen-bond donors (Lipinski definition) is 2. The molecule has 1 heterocycles. The maximum absolute atomic E-state index is 12.7. The van der Waals surface area contributed by atoms with E-state index in [1.54, 1.807) is 48.3 Å². The lowest BCUT2D eigenvalue weighted by atomic mass is 10.00. The van der Waals surface area contributed by atoms with E-state index in [4.69, 9.17) is 11.6 Å². The molecule has 0 aromatic heterocycles. The molecule has 2 N–H and O–H groups in total. The molecule has 0 bridgehead atoms. The van der Waals surface area contributed by atoms with Gasteiger partial charge in [0.15, 0.2) is 0 Å². The number of carbonyl (C=O) groups excluding carboxylic acids is 3. The lowest BCUT2D eigenvalue weighted by Crippen LogP contribution is -2.39. The van der Waals surface area contributed by atoms with Gasteiger partial charge in [-0.1, -0.05) is 23.7 Å². The summed E-state index contributed by atoms with van der Waals surface area (Å²) in [6.07, 6.45) is 2.12. The number of anilines is 1. The molecule has 2 fully saturated rings. The highest BCUT2D eigenvalue weighted by Gasteiger charge is 2.39. The standard InChI is InChI=1S/C22H22ClN3O3/c1-26-19(27)12-18(20(26)13-4-8-16(23)9-5-13)25-22(29)15-6-10-17(11-7-15)24-21(28)14-2-3-14/h4-11,14,18,20H,2-3,12H2,1H3,(H,24,28)(H,25,29)/t18-,20+/m0/s1. The average molecular weight is 412 g/mol. The highest BCUT2D eigenvalue weighted by molar-refractivity contribution is 6.30. The van der Waals surface area contributed by atoms with Crippen LogP contribution in [0.25, 0.3) is 0 Å². The van der Waals surface area contributed by atoms with Crippen molar-refractivity contribution in [3.05, 3.63) is 64.7 Å². The molecule has 0 spiro atoms. The summed E-state index contributed by atoms with van der Waals surface area (Å²) in [6.45, 7) is 0. The van der Waals surface area contributed by atoms with Crippen LogP contribution in [0.4, 0.5) is 5.69 Å². The number of carbonyl (C=O) groups is 3. The zero-order valence-corrected chi connectivity index (χ0v) is 16.8. The summed E-state index contributed by atoms with van der Waals surface area (Å²) in [7, 11) is 1.74. The molecule has 0 radical (unpaired) electrons. The Balaban J connectivity index is 1.45. The molecule has 2 aliphatic rings. The number of likely N-dealkylation sites (tertiary alicyclic amines) is 1. The molecular formula is C22H22ClN3O3. The van der Waals surface area contributed by atoms with Crippen molar-refractivity contribution >= 4 is 35.0 Å². The Morgan fingerprint density at radius 3 is 2.31 bits per heavy atom. The third kappa shape index (κ3) is 4.27. The molecule has 2 aromatic carbocycles. The molecule has 1 saturated heterocycles. The van der Waals surface area contributed by atoms with E-state index in [1.165, 1.54) is 0 Å². The predicted molar refractivity (Wildman–Crippen MR) is 111 cm³/mol. The van der Waals surface area contributed by atoms with Gasteiger partial charge in [0.1, 0.15) is 0 Å². The molecule has 6 nitrogen and oxygen atoms in total. The Morgan fingerprint density at radius 2 is 1.69 bits per heavy atom. The number of likely N-dealkylation sites (N-methyl/N-ethyl adjacent to an activating group) is 1. The number of benzene rings is 2. The van der Waals surface area contributed by atoms with Gasteiger partial charge >= 0.3 is 0 Å². The molecular weight excluding hydrogens is 390 g/mol. The highest BCUT2D eigenvalue weighted by Crippen LogP contribution is 2.33. The van der Waals surface area contributed by atoms with Gasteiger partial charge in [0.2, 0.25) is 11.8 Å². The van der Waals surface area contributed by atoms with Crippen LogP contribution >= 0.6 is 11.6 Å². The summed E-state index contributed by atoms with van der Waals surface area (Å²) >= 11 is 5.97. The van der Waals surface area contributed by atoms with Crippen LogP contribution < -0.4 is 10.6 Å². The van der Waals surface area contributed by atoms with Crippen LogP contribution in [0.15, 0.2) is 48.5 Å². The van der Waals surface area contributed by atoms with Gasteiger partial charge < -0.3 is 15.5 Å². The van der Waals surface area contributed by atoms with E-state index < -0.39 is 0 Å². The first-order chi connectivity index (χ1) is 13.9. The van der Waals surface area contributed by atoms with Crippen LogP contribution in [0.5, 0.6) is 0 Å². The van der Waals surface area contributed by atoms with Crippen molar-refractivity contribution in [1.82, 2.24) is 10.2 Å². The molecule has 29 heavy (non-hydrogen) atoms. The number of amides is 3. The molecule has 1 saturated carbocycles. The largest absolute Gasteiger partial charge is 0.346 e. The third-order valence-electron chi connectivity index (χ3n) is 5.48. The molecule has 3 amide bonds. The maximum Gasteiger partial charge on any atom is 0.251 e. The van der Waals surface area contributed by atoms with Gasteiger partial charge in [0, 0.05) is 35.7 Å². The highest BCUT2D eigenvalue weighted by atomic mass is 35.5. The van der Waals surface area contributed by atoms with Crippen LogP contribution in [0.3, 0.4) is 0 Å². The van der Waals surface area contributed by atoms with E-state index in [0.29, 0.717) is 16.3 Å². The number of halogens is 1. The van der Waals surface area contributed by atoms with Crippen molar-refractivity contribution < 1.29 is 14.4 Å². The van der Waals surface area contributed by atoms with E-state index in [2.05, 4.69) is 10.6 Å². The van der Waals surface area contributed by atoms with E-state index in [1.807, 2.05) is 12.1 Å². The normalized spacial score (nSPS) is 21.2. The summed E-state index contributed by atoms with van der Waals surface area (Å²) < 4.78 is 0. The molecule has 1 aliphatic heterocycles. The van der Waals surface area contributed by atoms with E-state index >= 15 is 0 Å². The maximum atomic E-state index is 12.7. The average Bonchev–Trinajstić information content (AvgIpc) is 3.51. The minimum Gasteiger partial charge on any atom is -0.346 e. The smallest absolute Gasteiger partial charge is 0.251 e. The quantitative estimate of drug-likeness (QED) is 0.791. The fraction of sp³-hybridized carbons (Fsp3) is 0.318. The van der Waals surface area contributed by atoms with Gasteiger partial charge in [0.05, 0.1) is 12.1 Å². The molecule has 0 unspecified atom stereocenters. The van der Waals surface area contributed by atoms with Gasteiger partial charge in [-0.25, -0.2) is 0 Å². The predicted octanol–water partition coefficient (Wildman–Crippen LogP) is 3.39. The number of nitrogens with one attached hydrogen (secondary N) is 2. The van der Waals surface area contributed by atoms with Gasteiger partial charge in [0.25, 0.3) is 5.91 Å². The minimum absolute atomic E-state index is 0.0200. The second-order valence-corrected chi connectivity index (χ2v) is 8.06. The number of nitrogens with zero attached hydrogens (tertiary/aromatic N) is 1. The van der Waals surface area contributed by atoms with Crippen LogP contribution in [0, 0.1) is 5.92 Å². The van der Waals surface area contributed by atoms with Crippen LogP contribution in [0.2, 0.25) is 5.02 Å². The van der Waals surface area contributed by atoms with Gasteiger partial charge in [-0.05, 0) is 54.8 Å². The Bertz CT molecular complexity index is 939. The summed E-state index contributed by atoms with van der Waals surface area (Å²) in [5.41, 5.74) is 2.07. The zero-order chi connectivity index (χ0) is 20.5. The fourth-order valence-corrected chi connectivity index (χ4v) is 3.79. The van der Waals surface area contributed by atoms with Gasteiger partial charge in [-0.15, -0.1) is 0 Å². The summed E-state index contributed by atoms with van der Waals surface area (Å²) in [4.78, 5) is 38.5. The Labute approximate surface area is 174 Å². The van der Waals surface area contributed by atoms with Crippen LogP contribution in [-0.2, 0) is 9.59 Å². The summed E-state index contributed by atoms with van der Waals surface area (Å²) in [6, 6.07) is 13.5. The van der Waals surface area contributed by atoms with E-state index in [0.717, 1.165) is 18.4 Å². The monoisotopic (exact) mass is 411 g/mol. The molecule has 150 valence electrons. The zero-order valence-electron chi connectivity index (χ0n) is 16.0. The lowest BCUT2D eigenvalue weighted by Gasteiger charge is -2.26. The van der Waals surface area contributed by atoms with Gasteiger partial charge in [-0.2, -0.15) is 0 Å². The second-order valence-electron chi connectivity index (χ2n) is 7.63. The summed E-state index contributed by atoms with van der Waals surface area (Å²) in [5, 5.41) is 6.46. The van der Waals surface area contributed by atoms with Gasteiger partial charge in [-0.3, -0.25) is 14.4 Å². The lowest BCUT2D eigenvalue weighted by molar-refractivity contribution is -0.127. The topological polar surface area (TPSA) is 78.5 Å². The van der Waals surface area contributed by atoms with Crippen molar-refractivity contribution in [2.24, 2.45) is 5.92 Å². The molecule has 4 rings (SSSR count). The summed E-state index contributed by atoms with van der Waals surface area (Å²) in [5.74, 6) is -0.120.